The normalized spacial score (nSPS) is 23.4. The Morgan fingerprint density at radius 1 is 1.28 bits per heavy atom. The molecule has 2 rings (SSSR count). The van der Waals surface area contributed by atoms with Crippen LogP contribution >= 0.6 is 0 Å². The van der Waals surface area contributed by atoms with Crippen molar-refractivity contribution < 1.29 is 13.2 Å². The fourth-order valence-corrected chi connectivity index (χ4v) is 3.52. The number of anilines is 1. The first kappa shape index (κ1) is 13.3. The van der Waals surface area contributed by atoms with Crippen LogP contribution in [0.2, 0.25) is 0 Å². The third-order valence-corrected chi connectivity index (χ3v) is 4.77. The van der Waals surface area contributed by atoms with E-state index in [0.29, 0.717) is 5.69 Å². The van der Waals surface area contributed by atoms with Gasteiger partial charge < -0.3 is 10.1 Å². The van der Waals surface area contributed by atoms with E-state index in [1.54, 1.807) is 38.4 Å². The summed E-state index contributed by atoms with van der Waals surface area (Å²) in [5.41, 5.74) is 0.604. The number of hydrogen-bond acceptors (Lipinski definition) is 4. The molecule has 1 aromatic rings. The highest BCUT2D eigenvalue weighted by molar-refractivity contribution is 7.89. The molecule has 5 nitrogen and oxygen atoms in total. The lowest BCUT2D eigenvalue weighted by molar-refractivity contribution is 0.0236. The van der Waals surface area contributed by atoms with Gasteiger partial charge in [-0.1, -0.05) is 12.1 Å². The molecule has 0 radical (unpaired) electrons. The topological polar surface area (TPSA) is 67.4 Å². The van der Waals surface area contributed by atoms with Gasteiger partial charge >= 0.3 is 0 Å². The van der Waals surface area contributed by atoms with Gasteiger partial charge in [0.25, 0.3) is 0 Å². The Morgan fingerprint density at radius 3 is 2.56 bits per heavy atom. The van der Waals surface area contributed by atoms with Crippen molar-refractivity contribution >= 4 is 15.7 Å². The molecule has 0 aliphatic heterocycles. The van der Waals surface area contributed by atoms with E-state index < -0.39 is 10.0 Å². The van der Waals surface area contributed by atoms with E-state index in [1.165, 1.54) is 0 Å². The molecule has 0 heterocycles. The van der Waals surface area contributed by atoms with Gasteiger partial charge in [-0.05, 0) is 25.0 Å². The minimum atomic E-state index is -3.46. The maximum Gasteiger partial charge on any atom is 0.242 e. The SMILES string of the molecule is CNc1ccccc1S(=O)(=O)NC1CC(OC)C1. The Hall–Kier alpha value is -1.11. The number of methoxy groups -OCH3 is 1. The Labute approximate surface area is 108 Å². The van der Waals surface area contributed by atoms with E-state index >= 15 is 0 Å². The fourth-order valence-electron chi connectivity index (χ4n) is 2.04. The first-order chi connectivity index (χ1) is 8.56. The maximum absolute atomic E-state index is 12.2. The predicted octanol–water partition coefficient (Wildman–Crippen LogP) is 1.18. The van der Waals surface area contributed by atoms with E-state index in [9.17, 15) is 8.42 Å². The molecular weight excluding hydrogens is 252 g/mol. The average molecular weight is 270 g/mol. The molecule has 1 aliphatic rings. The summed E-state index contributed by atoms with van der Waals surface area (Å²) in [6, 6.07) is 6.84. The summed E-state index contributed by atoms with van der Waals surface area (Å²) < 4.78 is 32.3. The van der Waals surface area contributed by atoms with Crippen molar-refractivity contribution in [2.75, 3.05) is 19.5 Å². The van der Waals surface area contributed by atoms with Crippen molar-refractivity contribution in [3.05, 3.63) is 24.3 Å². The van der Waals surface area contributed by atoms with Crippen molar-refractivity contribution in [1.29, 1.82) is 0 Å². The second-order valence-electron chi connectivity index (χ2n) is 4.39. The predicted molar refractivity (Wildman–Crippen MR) is 70.1 cm³/mol. The molecule has 100 valence electrons. The van der Waals surface area contributed by atoms with Crippen LogP contribution in [0.25, 0.3) is 0 Å². The molecule has 0 amide bonds. The van der Waals surface area contributed by atoms with Crippen LogP contribution in [-0.2, 0) is 14.8 Å². The lowest BCUT2D eigenvalue weighted by atomic mass is 9.90. The van der Waals surface area contributed by atoms with E-state index in [-0.39, 0.29) is 17.0 Å². The molecule has 0 saturated heterocycles. The number of benzene rings is 1. The number of nitrogens with one attached hydrogen (secondary N) is 2. The monoisotopic (exact) mass is 270 g/mol. The first-order valence-corrected chi connectivity index (χ1v) is 7.37. The van der Waals surface area contributed by atoms with Gasteiger partial charge in [0, 0.05) is 20.2 Å². The van der Waals surface area contributed by atoms with Crippen LogP contribution in [-0.4, -0.2) is 34.7 Å². The zero-order chi connectivity index (χ0) is 13.2. The highest BCUT2D eigenvalue weighted by atomic mass is 32.2. The van der Waals surface area contributed by atoms with Crippen LogP contribution in [0.5, 0.6) is 0 Å². The standard InChI is InChI=1S/C12H18N2O3S/c1-13-11-5-3-4-6-12(11)18(15,16)14-9-7-10(8-9)17-2/h3-6,9-10,13-14H,7-8H2,1-2H3. The third kappa shape index (κ3) is 2.66. The molecule has 6 heteroatoms. The van der Waals surface area contributed by atoms with Crippen molar-refractivity contribution in [2.24, 2.45) is 0 Å². The van der Waals surface area contributed by atoms with Crippen molar-refractivity contribution in [1.82, 2.24) is 4.72 Å². The lowest BCUT2D eigenvalue weighted by Gasteiger charge is -2.34. The molecule has 0 bridgehead atoms. The minimum absolute atomic E-state index is 0.0233. The van der Waals surface area contributed by atoms with Crippen LogP contribution in [0, 0.1) is 0 Å². The van der Waals surface area contributed by atoms with Gasteiger partial charge in [0.2, 0.25) is 10.0 Å². The zero-order valence-electron chi connectivity index (χ0n) is 10.5. The second kappa shape index (κ2) is 5.26. The van der Waals surface area contributed by atoms with Gasteiger partial charge in [-0.15, -0.1) is 0 Å². The Bertz CT molecular complexity index is 510. The summed E-state index contributed by atoms with van der Waals surface area (Å²) in [6.45, 7) is 0. The quantitative estimate of drug-likeness (QED) is 0.843. The Kier molecular flexibility index (Phi) is 3.89. The molecule has 1 fully saturated rings. The van der Waals surface area contributed by atoms with Crippen molar-refractivity contribution in [3.63, 3.8) is 0 Å². The number of hydrogen-bond donors (Lipinski definition) is 2. The number of para-hydroxylation sites is 1. The smallest absolute Gasteiger partial charge is 0.242 e. The van der Waals surface area contributed by atoms with E-state index in [4.69, 9.17) is 4.74 Å². The van der Waals surface area contributed by atoms with Gasteiger partial charge in [0.1, 0.15) is 4.90 Å². The summed E-state index contributed by atoms with van der Waals surface area (Å²) >= 11 is 0. The fraction of sp³-hybridized carbons (Fsp3) is 0.500. The third-order valence-electron chi connectivity index (χ3n) is 3.20. The largest absolute Gasteiger partial charge is 0.387 e. The van der Waals surface area contributed by atoms with Crippen LogP contribution in [0.3, 0.4) is 0 Å². The maximum atomic E-state index is 12.2. The van der Waals surface area contributed by atoms with E-state index in [0.717, 1.165) is 12.8 Å². The highest BCUT2D eigenvalue weighted by Gasteiger charge is 2.33. The van der Waals surface area contributed by atoms with Gasteiger partial charge in [-0.3, -0.25) is 0 Å². The van der Waals surface area contributed by atoms with Crippen LogP contribution in [0.15, 0.2) is 29.2 Å². The van der Waals surface area contributed by atoms with E-state index in [1.807, 2.05) is 0 Å². The highest BCUT2D eigenvalue weighted by Crippen LogP contribution is 2.26. The first-order valence-electron chi connectivity index (χ1n) is 5.88. The molecule has 1 saturated carbocycles. The lowest BCUT2D eigenvalue weighted by Crippen LogP contribution is -2.47. The van der Waals surface area contributed by atoms with Crippen molar-refractivity contribution in [2.45, 2.75) is 29.9 Å². The summed E-state index contributed by atoms with van der Waals surface area (Å²) in [4.78, 5) is 0.286. The van der Waals surface area contributed by atoms with Gasteiger partial charge in [0.05, 0.1) is 11.8 Å². The molecule has 1 aromatic carbocycles. The number of rotatable bonds is 5. The summed E-state index contributed by atoms with van der Waals surface area (Å²) in [7, 11) is -0.111. The summed E-state index contributed by atoms with van der Waals surface area (Å²) in [6.07, 6.45) is 1.65. The molecule has 1 aliphatic carbocycles. The number of sulfonamides is 1. The molecule has 2 N–H and O–H groups in total. The zero-order valence-corrected chi connectivity index (χ0v) is 11.3. The second-order valence-corrected chi connectivity index (χ2v) is 6.08. The molecule has 0 spiro atoms. The molecule has 0 aromatic heterocycles. The Morgan fingerprint density at radius 2 is 1.94 bits per heavy atom. The molecule has 0 unspecified atom stereocenters. The van der Waals surface area contributed by atoms with Gasteiger partial charge in [-0.2, -0.15) is 0 Å². The average Bonchev–Trinajstić information content (AvgIpc) is 2.33. The van der Waals surface area contributed by atoms with Crippen LogP contribution in [0.4, 0.5) is 5.69 Å². The van der Waals surface area contributed by atoms with Gasteiger partial charge in [0.15, 0.2) is 0 Å². The molecule has 18 heavy (non-hydrogen) atoms. The van der Waals surface area contributed by atoms with Crippen LogP contribution in [0.1, 0.15) is 12.8 Å². The summed E-state index contributed by atoms with van der Waals surface area (Å²) in [5, 5.41) is 2.89. The van der Waals surface area contributed by atoms with E-state index in [2.05, 4.69) is 10.0 Å². The number of ether oxygens (including phenoxy) is 1. The van der Waals surface area contributed by atoms with Gasteiger partial charge in [-0.25, -0.2) is 13.1 Å². The summed E-state index contributed by atoms with van der Waals surface area (Å²) in [5.74, 6) is 0. The molecular formula is C12H18N2O3S. The molecule has 0 atom stereocenters. The minimum Gasteiger partial charge on any atom is -0.387 e. The van der Waals surface area contributed by atoms with Crippen LogP contribution < -0.4 is 10.0 Å². The Balaban J connectivity index is 2.11. The van der Waals surface area contributed by atoms with Crippen molar-refractivity contribution in [3.8, 4) is 0 Å².